The monoisotopic (exact) mass is 441 g/mol. The SMILES string of the molecule is CC1CN(c2ccc(CNC(=O)CSc3cccc4cccc(Cl)c34)cn2)CCO1. The minimum Gasteiger partial charge on any atom is -0.375 e. The zero-order valence-electron chi connectivity index (χ0n) is 16.8. The first-order valence-electron chi connectivity index (χ1n) is 9.98. The average Bonchev–Trinajstić information content (AvgIpc) is 2.77. The largest absolute Gasteiger partial charge is 0.375 e. The van der Waals surface area contributed by atoms with Crippen LogP contribution in [0.15, 0.2) is 59.6 Å². The fraction of sp³-hybridized carbons (Fsp3) is 0.304. The van der Waals surface area contributed by atoms with Crippen LogP contribution in [0.25, 0.3) is 10.8 Å². The van der Waals surface area contributed by atoms with Crippen LogP contribution in [0.2, 0.25) is 5.02 Å². The van der Waals surface area contributed by atoms with Crippen LogP contribution in [0, 0.1) is 0 Å². The third-order valence-corrected chi connectivity index (χ3v) is 6.41. The first-order chi connectivity index (χ1) is 14.6. The Morgan fingerprint density at radius 3 is 2.87 bits per heavy atom. The van der Waals surface area contributed by atoms with Crippen LogP contribution in [0.4, 0.5) is 5.82 Å². The number of pyridine rings is 1. The summed E-state index contributed by atoms with van der Waals surface area (Å²) in [5.74, 6) is 1.26. The molecule has 7 heteroatoms. The van der Waals surface area contributed by atoms with Gasteiger partial charge in [0.25, 0.3) is 0 Å². The zero-order chi connectivity index (χ0) is 20.9. The van der Waals surface area contributed by atoms with E-state index in [9.17, 15) is 4.79 Å². The number of hydrogen-bond donors (Lipinski definition) is 1. The summed E-state index contributed by atoms with van der Waals surface area (Å²) in [5, 5.41) is 5.75. The second-order valence-corrected chi connectivity index (χ2v) is 8.74. The highest BCUT2D eigenvalue weighted by Gasteiger charge is 2.17. The van der Waals surface area contributed by atoms with Gasteiger partial charge < -0.3 is 15.0 Å². The van der Waals surface area contributed by atoms with Crippen LogP contribution in [0.1, 0.15) is 12.5 Å². The fourth-order valence-electron chi connectivity index (χ4n) is 3.51. The lowest BCUT2D eigenvalue weighted by atomic mass is 10.1. The minimum absolute atomic E-state index is 0.0184. The third-order valence-electron chi connectivity index (χ3n) is 5.04. The number of hydrogen-bond acceptors (Lipinski definition) is 5. The Labute approximate surface area is 185 Å². The summed E-state index contributed by atoms with van der Waals surface area (Å²) in [5.41, 5.74) is 0.978. The van der Waals surface area contributed by atoms with E-state index in [1.165, 1.54) is 11.8 Å². The predicted molar refractivity (Wildman–Crippen MR) is 123 cm³/mol. The van der Waals surface area contributed by atoms with Crippen molar-refractivity contribution in [2.75, 3.05) is 30.3 Å². The van der Waals surface area contributed by atoms with Crippen molar-refractivity contribution in [1.82, 2.24) is 10.3 Å². The van der Waals surface area contributed by atoms with Crippen molar-refractivity contribution in [3.63, 3.8) is 0 Å². The molecule has 1 aromatic heterocycles. The van der Waals surface area contributed by atoms with Gasteiger partial charge in [0.1, 0.15) is 5.82 Å². The lowest BCUT2D eigenvalue weighted by Crippen LogP contribution is -2.41. The van der Waals surface area contributed by atoms with E-state index in [4.69, 9.17) is 16.3 Å². The second kappa shape index (κ2) is 9.69. The van der Waals surface area contributed by atoms with Gasteiger partial charge in [-0.2, -0.15) is 0 Å². The van der Waals surface area contributed by atoms with Gasteiger partial charge in [-0.15, -0.1) is 11.8 Å². The summed E-state index contributed by atoms with van der Waals surface area (Å²) < 4.78 is 5.58. The topological polar surface area (TPSA) is 54.5 Å². The number of aromatic nitrogens is 1. The van der Waals surface area contributed by atoms with Crippen LogP contribution in [0.3, 0.4) is 0 Å². The molecule has 4 rings (SSSR count). The average molecular weight is 442 g/mol. The maximum atomic E-state index is 12.4. The van der Waals surface area contributed by atoms with Crippen molar-refractivity contribution in [3.8, 4) is 0 Å². The van der Waals surface area contributed by atoms with Crippen LogP contribution in [-0.4, -0.2) is 42.4 Å². The molecule has 1 fully saturated rings. The molecule has 1 unspecified atom stereocenters. The number of thioether (sulfide) groups is 1. The maximum absolute atomic E-state index is 12.4. The van der Waals surface area contributed by atoms with Gasteiger partial charge in [-0.25, -0.2) is 4.98 Å². The van der Waals surface area contributed by atoms with Crippen molar-refractivity contribution >= 4 is 45.9 Å². The van der Waals surface area contributed by atoms with Gasteiger partial charge in [0.05, 0.1) is 18.5 Å². The molecular formula is C23H24ClN3O2S. The molecule has 1 atom stereocenters. The Bertz CT molecular complexity index is 1020. The number of rotatable bonds is 6. The summed E-state index contributed by atoms with van der Waals surface area (Å²) in [6.07, 6.45) is 2.04. The minimum atomic E-state index is -0.0184. The van der Waals surface area contributed by atoms with Crippen molar-refractivity contribution in [3.05, 3.63) is 65.3 Å². The first-order valence-corrected chi connectivity index (χ1v) is 11.3. The van der Waals surface area contributed by atoms with Gasteiger partial charge in [-0.05, 0) is 36.1 Å². The Morgan fingerprint density at radius 2 is 2.10 bits per heavy atom. The van der Waals surface area contributed by atoms with Crippen LogP contribution < -0.4 is 10.2 Å². The van der Waals surface area contributed by atoms with Crippen molar-refractivity contribution < 1.29 is 9.53 Å². The van der Waals surface area contributed by atoms with E-state index in [2.05, 4.69) is 22.1 Å². The van der Waals surface area contributed by atoms with E-state index in [1.807, 2.05) is 54.7 Å². The van der Waals surface area contributed by atoms with Gasteiger partial charge >= 0.3 is 0 Å². The Kier molecular flexibility index (Phi) is 6.77. The number of halogens is 1. The normalized spacial score (nSPS) is 16.6. The zero-order valence-corrected chi connectivity index (χ0v) is 18.4. The van der Waals surface area contributed by atoms with Crippen molar-refractivity contribution in [1.29, 1.82) is 0 Å². The molecule has 156 valence electrons. The lowest BCUT2D eigenvalue weighted by molar-refractivity contribution is -0.118. The van der Waals surface area contributed by atoms with E-state index >= 15 is 0 Å². The molecule has 0 bridgehead atoms. The summed E-state index contributed by atoms with van der Waals surface area (Å²) in [4.78, 5) is 20.1. The van der Waals surface area contributed by atoms with Gasteiger partial charge in [-0.3, -0.25) is 4.79 Å². The number of carbonyl (C=O) groups excluding carboxylic acids is 1. The van der Waals surface area contributed by atoms with E-state index in [-0.39, 0.29) is 12.0 Å². The summed E-state index contributed by atoms with van der Waals surface area (Å²) in [7, 11) is 0. The standard InChI is InChI=1S/C23H24ClN3O2S/c1-16-14-27(10-11-29-16)21-9-8-17(12-25-21)13-26-22(28)15-30-20-7-3-5-18-4-2-6-19(24)23(18)20/h2-9,12,16H,10-11,13-15H2,1H3,(H,26,28). The molecule has 1 N–H and O–H groups in total. The van der Waals surface area contributed by atoms with Crippen molar-refractivity contribution in [2.24, 2.45) is 0 Å². The molecule has 1 aliphatic rings. The molecule has 0 radical (unpaired) electrons. The van der Waals surface area contributed by atoms with Crippen LogP contribution >= 0.6 is 23.4 Å². The summed E-state index contributed by atoms with van der Waals surface area (Å²) in [6, 6.07) is 15.9. The molecule has 2 heterocycles. The molecule has 2 aromatic carbocycles. The summed E-state index contributed by atoms with van der Waals surface area (Å²) in [6.45, 7) is 4.95. The molecule has 1 saturated heterocycles. The van der Waals surface area contributed by atoms with Gasteiger partial charge in [0.15, 0.2) is 0 Å². The van der Waals surface area contributed by atoms with Crippen LogP contribution in [-0.2, 0) is 16.1 Å². The third kappa shape index (κ3) is 5.06. The molecule has 1 amide bonds. The maximum Gasteiger partial charge on any atom is 0.230 e. The Hall–Kier alpha value is -2.28. The number of anilines is 1. The molecule has 0 saturated carbocycles. The smallest absolute Gasteiger partial charge is 0.230 e. The first kappa shape index (κ1) is 21.0. The molecule has 3 aromatic rings. The molecule has 5 nitrogen and oxygen atoms in total. The van der Waals surface area contributed by atoms with E-state index < -0.39 is 0 Å². The number of nitrogens with zero attached hydrogens (tertiary/aromatic N) is 2. The molecule has 0 aliphatic carbocycles. The van der Waals surface area contributed by atoms with E-state index in [1.54, 1.807) is 0 Å². The van der Waals surface area contributed by atoms with Crippen LogP contribution in [0.5, 0.6) is 0 Å². The summed E-state index contributed by atoms with van der Waals surface area (Å²) >= 11 is 7.86. The number of amides is 1. The van der Waals surface area contributed by atoms with E-state index in [0.29, 0.717) is 17.3 Å². The van der Waals surface area contributed by atoms with Gasteiger partial charge in [0.2, 0.25) is 5.91 Å². The van der Waals surface area contributed by atoms with Gasteiger partial charge in [-0.1, -0.05) is 41.9 Å². The Balaban J connectivity index is 1.30. The predicted octanol–water partition coefficient (Wildman–Crippen LogP) is 4.52. The number of carbonyl (C=O) groups is 1. The Morgan fingerprint density at radius 1 is 1.27 bits per heavy atom. The lowest BCUT2D eigenvalue weighted by Gasteiger charge is -2.32. The second-order valence-electron chi connectivity index (χ2n) is 7.31. The molecule has 30 heavy (non-hydrogen) atoms. The van der Waals surface area contributed by atoms with Crippen molar-refractivity contribution in [2.45, 2.75) is 24.5 Å². The van der Waals surface area contributed by atoms with E-state index in [0.717, 1.165) is 46.7 Å². The highest BCUT2D eigenvalue weighted by atomic mass is 35.5. The van der Waals surface area contributed by atoms with Gasteiger partial charge in [0, 0.05) is 41.1 Å². The number of nitrogens with one attached hydrogen (secondary N) is 1. The number of morpholine rings is 1. The number of benzene rings is 2. The number of fused-ring (bicyclic) bond motifs is 1. The number of ether oxygens (including phenoxy) is 1. The highest BCUT2D eigenvalue weighted by Crippen LogP contribution is 2.33. The molecular weight excluding hydrogens is 418 g/mol. The highest BCUT2D eigenvalue weighted by molar-refractivity contribution is 8.00. The molecule has 1 aliphatic heterocycles. The fourth-order valence-corrected chi connectivity index (χ4v) is 4.79. The molecule has 0 spiro atoms. The quantitative estimate of drug-likeness (QED) is 0.570.